The summed E-state index contributed by atoms with van der Waals surface area (Å²) in [5, 5.41) is 10.2. The van der Waals surface area contributed by atoms with Crippen LogP contribution in [0.15, 0.2) is 70.9 Å². The molecular weight excluding hydrogens is 493 g/mol. The first-order valence-electron chi connectivity index (χ1n) is 11.8. The molecule has 11 heteroatoms. The highest BCUT2D eigenvalue weighted by Gasteiger charge is 2.16. The van der Waals surface area contributed by atoms with Gasteiger partial charge in [0.1, 0.15) is 0 Å². The van der Waals surface area contributed by atoms with E-state index in [1.807, 2.05) is 0 Å². The summed E-state index contributed by atoms with van der Waals surface area (Å²) >= 11 is 0. The molecule has 0 bridgehead atoms. The molecule has 5 rings (SSSR count). The van der Waals surface area contributed by atoms with Gasteiger partial charge in [0.2, 0.25) is 0 Å². The number of fused-ring (bicyclic) bond motifs is 2. The molecule has 10 nitrogen and oxygen atoms in total. The average Bonchev–Trinajstić information content (AvgIpc) is 2.94. The van der Waals surface area contributed by atoms with Crippen molar-refractivity contribution >= 4 is 21.8 Å². The number of aliphatic hydroxyl groups is 1. The number of halogens is 1. The number of benzene rings is 2. The zero-order valence-electron chi connectivity index (χ0n) is 20.7. The van der Waals surface area contributed by atoms with E-state index in [2.05, 4.69) is 15.0 Å². The Morgan fingerprint density at radius 3 is 2.39 bits per heavy atom. The van der Waals surface area contributed by atoms with Gasteiger partial charge in [0.25, 0.3) is 17.1 Å². The normalized spacial score (nSPS) is 12.2. The summed E-state index contributed by atoms with van der Waals surface area (Å²) < 4.78 is 28.2. The first kappa shape index (κ1) is 25.2. The minimum atomic E-state index is -0.818. The summed E-state index contributed by atoms with van der Waals surface area (Å²) in [4.78, 5) is 37.7. The third kappa shape index (κ3) is 4.89. The minimum Gasteiger partial charge on any atom is -0.463 e. The second-order valence-electron chi connectivity index (χ2n) is 8.82. The van der Waals surface area contributed by atoms with Crippen molar-refractivity contribution in [1.82, 2.24) is 24.1 Å². The van der Waals surface area contributed by atoms with Crippen LogP contribution in [0.2, 0.25) is 0 Å². The molecule has 2 aromatic carbocycles. The molecule has 5 aromatic rings. The van der Waals surface area contributed by atoms with Gasteiger partial charge in [-0.15, -0.1) is 0 Å². The summed E-state index contributed by atoms with van der Waals surface area (Å²) in [5.41, 5.74) is 2.50. The molecule has 0 aliphatic heterocycles. The molecule has 1 atom stereocenters. The van der Waals surface area contributed by atoms with E-state index in [-0.39, 0.29) is 36.9 Å². The number of ether oxygens (including phenoxy) is 2. The van der Waals surface area contributed by atoms with E-state index in [0.29, 0.717) is 32.9 Å². The second-order valence-corrected chi connectivity index (χ2v) is 8.82. The molecule has 0 saturated heterocycles. The average molecular weight is 518 g/mol. The number of hydrogen-bond acceptors (Lipinski definition) is 8. The Labute approximate surface area is 215 Å². The predicted octanol–water partition coefficient (Wildman–Crippen LogP) is 2.83. The smallest absolute Gasteiger partial charge is 0.261 e. The molecule has 0 spiro atoms. The monoisotopic (exact) mass is 517 g/mol. The third-order valence-electron chi connectivity index (χ3n) is 6.31. The number of aryl methyl sites for hydroxylation is 1. The largest absolute Gasteiger partial charge is 0.463 e. The van der Waals surface area contributed by atoms with Gasteiger partial charge in [-0.1, -0.05) is 12.1 Å². The van der Waals surface area contributed by atoms with Gasteiger partial charge in [-0.2, -0.15) is 4.39 Å². The van der Waals surface area contributed by atoms with Crippen LogP contribution in [0.25, 0.3) is 21.8 Å². The summed E-state index contributed by atoms with van der Waals surface area (Å²) in [6.07, 6.45) is 4.22. The Bertz CT molecular complexity index is 1770. The minimum absolute atomic E-state index is 0.129. The lowest BCUT2D eigenvalue weighted by Gasteiger charge is -2.17. The Hall–Kier alpha value is -4.48. The Morgan fingerprint density at radius 1 is 0.947 bits per heavy atom. The fourth-order valence-corrected chi connectivity index (χ4v) is 4.10. The molecule has 0 saturated carbocycles. The summed E-state index contributed by atoms with van der Waals surface area (Å²) in [6, 6.07) is 11.1. The van der Waals surface area contributed by atoms with Gasteiger partial charge in [0.05, 0.1) is 53.7 Å². The van der Waals surface area contributed by atoms with Crippen LogP contribution < -0.4 is 15.9 Å². The predicted molar refractivity (Wildman–Crippen MR) is 137 cm³/mol. The molecule has 0 amide bonds. The number of hydrogen-bond donors (Lipinski definition) is 1. The zero-order chi connectivity index (χ0) is 26.8. The summed E-state index contributed by atoms with van der Waals surface area (Å²) in [6.45, 7) is 1.44. The zero-order valence-corrected chi connectivity index (χ0v) is 20.7. The van der Waals surface area contributed by atoms with Gasteiger partial charge in [-0.25, -0.2) is 15.0 Å². The van der Waals surface area contributed by atoms with Gasteiger partial charge >= 0.3 is 0 Å². The van der Waals surface area contributed by atoms with Crippen LogP contribution in [0.5, 0.6) is 5.75 Å². The van der Waals surface area contributed by atoms with Gasteiger partial charge in [-0.3, -0.25) is 14.2 Å². The van der Waals surface area contributed by atoms with Crippen LogP contribution in [0.1, 0.15) is 29.7 Å². The van der Waals surface area contributed by atoms with Crippen molar-refractivity contribution in [1.29, 1.82) is 0 Å². The summed E-state index contributed by atoms with van der Waals surface area (Å²) in [7, 11) is 1.63. The first-order chi connectivity index (χ1) is 18.4. The lowest BCUT2D eigenvalue weighted by atomic mass is 10.1. The lowest BCUT2D eigenvalue weighted by molar-refractivity contribution is 0.00255. The number of rotatable bonds is 8. The highest BCUT2D eigenvalue weighted by Crippen LogP contribution is 2.23. The van der Waals surface area contributed by atoms with E-state index in [0.717, 1.165) is 5.56 Å². The molecule has 3 heterocycles. The maximum absolute atomic E-state index is 14.4. The first-order valence-corrected chi connectivity index (χ1v) is 11.8. The van der Waals surface area contributed by atoms with E-state index in [4.69, 9.17) is 9.47 Å². The van der Waals surface area contributed by atoms with Crippen LogP contribution in [0.3, 0.4) is 0 Å². The number of nitrogens with zero attached hydrogens (tertiary/aromatic N) is 5. The van der Waals surface area contributed by atoms with Crippen LogP contribution in [-0.2, 0) is 25.0 Å². The van der Waals surface area contributed by atoms with Crippen LogP contribution >= 0.6 is 0 Å². The van der Waals surface area contributed by atoms with Gasteiger partial charge in [0.15, 0.2) is 12.5 Å². The second kappa shape index (κ2) is 10.5. The Morgan fingerprint density at radius 2 is 1.63 bits per heavy atom. The molecule has 1 unspecified atom stereocenters. The maximum Gasteiger partial charge on any atom is 0.261 e. The van der Waals surface area contributed by atoms with Crippen molar-refractivity contribution in [3.63, 3.8) is 0 Å². The highest BCUT2D eigenvalue weighted by molar-refractivity contribution is 5.78. The molecular formula is C27H24FN5O5. The Kier molecular flexibility index (Phi) is 6.95. The molecule has 1 N–H and O–H groups in total. The van der Waals surface area contributed by atoms with Gasteiger partial charge in [0, 0.05) is 13.2 Å². The van der Waals surface area contributed by atoms with Crippen LogP contribution in [0, 0.1) is 5.95 Å². The molecule has 3 aromatic heterocycles. The molecule has 38 heavy (non-hydrogen) atoms. The molecule has 0 aliphatic carbocycles. The quantitative estimate of drug-likeness (QED) is 0.190. The standard InChI is InChI=1S/C27H24FN5O5/c1-16(33-14-31-23-5-3-17(11-34)7-21(23)27(33)36)19-9-24(25(28)29-10-19)38-15-37-12-18-4-6-22-20(8-18)26(35)32(2)13-30-22/h3-10,13-14,16,34H,11-12,15H2,1-2H3. The molecule has 0 fully saturated rings. The molecule has 0 aliphatic rings. The molecule has 194 valence electrons. The van der Waals surface area contributed by atoms with E-state index in [1.54, 1.807) is 50.4 Å². The van der Waals surface area contributed by atoms with Crippen molar-refractivity contribution in [2.75, 3.05) is 6.79 Å². The van der Waals surface area contributed by atoms with Crippen molar-refractivity contribution in [2.45, 2.75) is 26.2 Å². The fourth-order valence-electron chi connectivity index (χ4n) is 4.10. The SMILES string of the molecule is CC(c1cnc(F)c(OCOCc2ccc3ncn(C)c(=O)c3c2)c1)n1cnc2ccc(CO)cc2c1=O. The van der Waals surface area contributed by atoms with Crippen LogP contribution in [-0.4, -0.2) is 36.0 Å². The van der Waals surface area contributed by atoms with Gasteiger partial charge in [-0.05, 0) is 53.9 Å². The lowest BCUT2D eigenvalue weighted by Crippen LogP contribution is -2.24. The van der Waals surface area contributed by atoms with E-state index >= 15 is 0 Å². The van der Waals surface area contributed by atoms with E-state index < -0.39 is 12.0 Å². The number of aromatic nitrogens is 5. The van der Waals surface area contributed by atoms with E-state index in [9.17, 15) is 19.1 Å². The summed E-state index contributed by atoms with van der Waals surface area (Å²) in [5.74, 6) is -0.948. The fraction of sp³-hybridized carbons (Fsp3) is 0.222. The maximum atomic E-state index is 14.4. The molecule has 0 radical (unpaired) electrons. The van der Waals surface area contributed by atoms with Crippen molar-refractivity contribution < 1.29 is 19.0 Å². The van der Waals surface area contributed by atoms with Crippen molar-refractivity contribution in [2.24, 2.45) is 7.05 Å². The Balaban J connectivity index is 1.30. The topological polar surface area (TPSA) is 121 Å². The number of aliphatic hydroxyl groups excluding tert-OH is 1. The third-order valence-corrected chi connectivity index (χ3v) is 6.31. The van der Waals surface area contributed by atoms with Gasteiger partial charge < -0.3 is 19.1 Å². The van der Waals surface area contributed by atoms with E-state index in [1.165, 1.54) is 34.1 Å². The number of pyridine rings is 1. The van der Waals surface area contributed by atoms with Crippen molar-refractivity contribution in [3.05, 3.63) is 105 Å². The van der Waals surface area contributed by atoms with Crippen molar-refractivity contribution in [3.8, 4) is 5.75 Å². The highest BCUT2D eigenvalue weighted by atomic mass is 19.1. The van der Waals surface area contributed by atoms with Crippen LogP contribution in [0.4, 0.5) is 4.39 Å².